The molecule has 3 aliphatic rings. The number of rotatable bonds is 9. The van der Waals surface area contributed by atoms with Crippen LogP contribution in [0, 0.1) is 25.7 Å². The van der Waals surface area contributed by atoms with Gasteiger partial charge in [-0.2, -0.15) is 0 Å². The summed E-state index contributed by atoms with van der Waals surface area (Å²) in [6, 6.07) is 12.2. The second kappa shape index (κ2) is 18.7. The molecule has 2 bridgehead atoms. The van der Waals surface area contributed by atoms with Gasteiger partial charge in [-0.1, -0.05) is 38.1 Å². The second-order valence-corrected chi connectivity index (χ2v) is 15.0. The van der Waals surface area contributed by atoms with Crippen molar-refractivity contribution in [2.45, 2.75) is 90.9 Å². The SMILES string of the molecule is COc1ccc(C[C@@H]2NC(=O)[C@@H](NC(=O)c3cc(C)nc(C)n3)Cc3ccc(cc3)OC[C@H](CC(C)C)NC(=O)CN(CC3CC3)C(=O)[C@@H](C)NC2=O)cc1. The molecule has 1 fully saturated rings. The van der Waals surface area contributed by atoms with Crippen LogP contribution in [0.4, 0.5) is 0 Å². The number of nitrogens with zero attached hydrogens (tertiary/aromatic N) is 3. The van der Waals surface area contributed by atoms with Crippen molar-refractivity contribution in [1.82, 2.24) is 36.1 Å². The first-order valence-corrected chi connectivity index (χ1v) is 18.9. The first kappa shape index (κ1) is 40.7. The number of amides is 5. The minimum absolute atomic E-state index is 0.0743. The van der Waals surface area contributed by atoms with Crippen LogP contribution in [0.1, 0.15) is 73.2 Å². The second-order valence-electron chi connectivity index (χ2n) is 15.0. The number of carbonyl (C=O) groups is 5. The predicted octanol–water partition coefficient (Wildman–Crippen LogP) is 2.84. The van der Waals surface area contributed by atoms with Gasteiger partial charge >= 0.3 is 0 Å². The summed E-state index contributed by atoms with van der Waals surface area (Å²) in [4.78, 5) is 79.2. The summed E-state index contributed by atoms with van der Waals surface area (Å²) in [5, 5.41) is 11.6. The summed E-state index contributed by atoms with van der Waals surface area (Å²) in [5.41, 5.74) is 2.14. The third kappa shape index (κ3) is 12.2. The molecule has 14 heteroatoms. The van der Waals surface area contributed by atoms with Gasteiger partial charge in [0.1, 0.15) is 47.7 Å². The van der Waals surface area contributed by atoms with Crippen molar-refractivity contribution in [2.24, 2.45) is 11.8 Å². The van der Waals surface area contributed by atoms with Crippen LogP contribution < -0.4 is 30.7 Å². The molecule has 1 aliphatic carbocycles. The minimum atomic E-state index is -1.14. The number of aromatic nitrogens is 2. The first-order chi connectivity index (χ1) is 26.3. The van der Waals surface area contributed by atoms with Crippen molar-refractivity contribution >= 4 is 29.5 Å². The summed E-state index contributed by atoms with van der Waals surface area (Å²) >= 11 is 0. The Morgan fingerprint density at radius 2 is 1.67 bits per heavy atom. The number of nitrogens with one attached hydrogen (secondary N) is 4. The molecule has 2 aliphatic heterocycles. The van der Waals surface area contributed by atoms with Gasteiger partial charge in [-0.25, -0.2) is 9.97 Å². The van der Waals surface area contributed by atoms with Gasteiger partial charge in [-0.3, -0.25) is 24.0 Å². The smallest absolute Gasteiger partial charge is 0.270 e. The van der Waals surface area contributed by atoms with Crippen LogP contribution in [-0.2, 0) is 32.0 Å². The third-order valence-electron chi connectivity index (χ3n) is 9.54. The van der Waals surface area contributed by atoms with Crippen molar-refractivity contribution in [1.29, 1.82) is 0 Å². The number of ether oxygens (including phenoxy) is 2. The zero-order valence-corrected chi connectivity index (χ0v) is 32.5. The molecule has 0 unspecified atom stereocenters. The highest BCUT2D eigenvalue weighted by molar-refractivity contribution is 5.98. The van der Waals surface area contributed by atoms with E-state index in [0.29, 0.717) is 36.0 Å². The van der Waals surface area contributed by atoms with E-state index in [4.69, 9.17) is 9.47 Å². The van der Waals surface area contributed by atoms with Gasteiger partial charge in [0.25, 0.3) is 5.91 Å². The number of hydrogen-bond donors (Lipinski definition) is 4. The monoisotopic (exact) mass is 755 g/mol. The number of carbonyl (C=O) groups excluding carboxylic acids is 5. The molecular weight excluding hydrogens is 702 g/mol. The quantitative estimate of drug-likeness (QED) is 0.239. The molecule has 1 saturated carbocycles. The minimum Gasteiger partial charge on any atom is -0.497 e. The Labute approximate surface area is 322 Å². The third-order valence-corrected chi connectivity index (χ3v) is 9.54. The van der Waals surface area contributed by atoms with Gasteiger partial charge in [0, 0.05) is 25.1 Å². The largest absolute Gasteiger partial charge is 0.497 e. The van der Waals surface area contributed by atoms with E-state index < -0.39 is 41.8 Å². The molecule has 0 saturated heterocycles. The molecule has 4 atom stereocenters. The van der Waals surface area contributed by atoms with E-state index in [2.05, 4.69) is 45.1 Å². The van der Waals surface area contributed by atoms with Crippen molar-refractivity contribution in [3.63, 3.8) is 0 Å². The summed E-state index contributed by atoms with van der Waals surface area (Å²) in [7, 11) is 1.55. The summed E-state index contributed by atoms with van der Waals surface area (Å²) in [6.45, 7) is 9.56. The van der Waals surface area contributed by atoms with Gasteiger partial charge in [0.2, 0.25) is 23.6 Å². The van der Waals surface area contributed by atoms with Crippen molar-refractivity contribution in [2.75, 3.05) is 26.8 Å². The average molecular weight is 756 g/mol. The van der Waals surface area contributed by atoms with Crippen LogP contribution in [0.15, 0.2) is 54.6 Å². The van der Waals surface area contributed by atoms with E-state index in [1.165, 1.54) is 11.0 Å². The standard InChI is InChI=1S/C41H53N7O7/c1-24(2)17-31-23-55-33-15-11-29(12-16-33)20-36(47-39(51)34-18-25(3)42-27(5)44-34)40(52)46-35(19-28-9-13-32(54-6)14-10-28)38(50)43-26(4)41(53)48(21-30-7-8-30)22-37(49)45-31/h9-16,18,24,26,30-31,35-36H,7-8,17,19-23H2,1-6H3,(H,43,50)(H,45,49)(H,46,52)(H,47,51)/t26-,31+,35+,36+/m1/s1. The number of fused-ring (bicyclic) bond motifs is 17. The lowest BCUT2D eigenvalue weighted by molar-refractivity contribution is -0.140. The maximum absolute atomic E-state index is 14.2. The Kier molecular flexibility index (Phi) is 13.8. The zero-order valence-electron chi connectivity index (χ0n) is 32.5. The van der Waals surface area contributed by atoms with E-state index in [1.807, 2.05) is 0 Å². The van der Waals surface area contributed by atoms with Crippen LogP contribution in [0.25, 0.3) is 0 Å². The van der Waals surface area contributed by atoms with E-state index >= 15 is 0 Å². The van der Waals surface area contributed by atoms with Gasteiger partial charge in [-0.05, 0) is 93.3 Å². The van der Waals surface area contributed by atoms with Gasteiger partial charge in [0.15, 0.2) is 0 Å². The molecule has 0 spiro atoms. The van der Waals surface area contributed by atoms with Gasteiger partial charge in [-0.15, -0.1) is 0 Å². The molecule has 3 aromatic rings. The molecule has 2 aromatic carbocycles. The molecule has 5 amide bonds. The number of benzene rings is 2. The van der Waals surface area contributed by atoms with E-state index in [0.717, 1.165) is 24.0 Å². The lowest BCUT2D eigenvalue weighted by Gasteiger charge is -2.29. The van der Waals surface area contributed by atoms with Gasteiger partial charge < -0.3 is 35.6 Å². The highest BCUT2D eigenvalue weighted by atomic mass is 16.5. The highest BCUT2D eigenvalue weighted by Gasteiger charge is 2.34. The summed E-state index contributed by atoms with van der Waals surface area (Å²) in [6.07, 6.45) is 2.72. The number of aryl methyl sites for hydroxylation is 2. The van der Waals surface area contributed by atoms with Crippen LogP contribution in [0.5, 0.6) is 11.5 Å². The fourth-order valence-corrected chi connectivity index (χ4v) is 6.59. The number of methoxy groups -OCH3 is 1. The van der Waals surface area contributed by atoms with Crippen molar-refractivity contribution in [3.05, 3.63) is 82.9 Å². The fraction of sp³-hybridized carbons (Fsp3) is 0.488. The molecule has 1 aromatic heterocycles. The highest BCUT2D eigenvalue weighted by Crippen LogP contribution is 2.30. The molecule has 294 valence electrons. The maximum Gasteiger partial charge on any atom is 0.270 e. The molecule has 0 radical (unpaired) electrons. The fourth-order valence-electron chi connectivity index (χ4n) is 6.59. The van der Waals surface area contributed by atoms with Crippen LogP contribution >= 0.6 is 0 Å². The molecular formula is C41H53N7O7. The topological polar surface area (TPSA) is 181 Å². The normalized spacial score (nSPS) is 21.6. The molecule has 14 nitrogen and oxygen atoms in total. The Morgan fingerprint density at radius 1 is 0.964 bits per heavy atom. The van der Waals surface area contributed by atoms with Crippen molar-refractivity contribution < 1.29 is 33.4 Å². The van der Waals surface area contributed by atoms with Gasteiger partial charge in [0.05, 0.1) is 19.7 Å². The predicted molar refractivity (Wildman–Crippen MR) is 205 cm³/mol. The zero-order chi connectivity index (χ0) is 39.6. The van der Waals surface area contributed by atoms with E-state index in [9.17, 15) is 24.0 Å². The Balaban J connectivity index is 1.49. The average Bonchev–Trinajstić information content (AvgIpc) is 3.96. The molecule has 3 heterocycles. The maximum atomic E-state index is 14.2. The van der Waals surface area contributed by atoms with Crippen LogP contribution in [0.2, 0.25) is 0 Å². The molecule has 6 rings (SSSR count). The van der Waals surface area contributed by atoms with Crippen LogP contribution in [0.3, 0.4) is 0 Å². The Bertz CT molecular complexity index is 1810. The number of hydrogen-bond acceptors (Lipinski definition) is 9. The van der Waals surface area contributed by atoms with Crippen molar-refractivity contribution in [3.8, 4) is 11.5 Å². The Hall–Kier alpha value is -5.53. The van der Waals surface area contributed by atoms with Crippen LogP contribution in [-0.4, -0.2) is 95.4 Å². The molecule has 4 N–H and O–H groups in total. The lowest BCUT2D eigenvalue weighted by atomic mass is 10.0. The summed E-state index contributed by atoms with van der Waals surface area (Å²) < 4.78 is 11.4. The lowest BCUT2D eigenvalue weighted by Crippen LogP contribution is -2.58. The molecule has 55 heavy (non-hydrogen) atoms. The Morgan fingerprint density at radius 3 is 2.31 bits per heavy atom. The summed E-state index contributed by atoms with van der Waals surface area (Å²) in [5.74, 6) is -0.353. The first-order valence-electron chi connectivity index (χ1n) is 18.9. The van der Waals surface area contributed by atoms with E-state index in [1.54, 1.807) is 76.4 Å². The van der Waals surface area contributed by atoms with E-state index in [-0.39, 0.29) is 55.5 Å².